The predicted octanol–water partition coefficient (Wildman–Crippen LogP) is 8.47. The summed E-state index contributed by atoms with van der Waals surface area (Å²) in [6.45, 7) is 8.53. The van der Waals surface area contributed by atoms with Crippen LogP contribution in [-0.4, -0.2) is 54.2 Å². The summed E-state index contributed by atoms with van der Waals surface area (Å²) in [7, 11) is 1.51. The molecule has 264 valence electrons. The third-order valence-corrected chi connectivity index (χ3v) is 8.71. The summed E-state index contributed by atoms with van der Waals surface area (Å²) >= 11 is 0. The number of hydrogen-bond donors (Lipinski definition) is 2. The van der Waals surface area contributed by atoms with E-state index in [1.807, 2.05) is 98.8 Å². The Labute approximate surface area is 296 Å². The number of benzene rings is 4. The fourth-order valence-electron chi connectivity index (χ4n) is 6.07. The van der Waals surface area contributed by atoms with Crippen LogP contribution in [0, 0.1) is 17.8 Å². The molecule has 4 aromatic carbocycles. The average Bonchev–Trinajstić information content (AvgIpc) is 3.11. The highest BCUT2D eigenvalue weighted by Crippen LogP contribution is 2.30. The molecule has 0 aliphatic rings. The Morgan fingerprint density at radius 2 is 1.28 bits per heavy atom. The summed E-state index contributed by atoms with van der Waals surface area (Å²) in [6, 6.07) is 32.7. The number of urea groups is 1. The van der Waals surface area contributed by atoms with Gasteiger partial charge in [-0.05, 0) is 59.1 Å². The van der Waals surface area contributed by atoms with Gasteiger partial charge in [-0.15, -0.1) is 0 Å². The van der Waals surface area contributed by atoms with E-state index in [9.17, 15) is 19.5 Å². The molecular weight excluding hydrogens is 628 g/mol. The Morgan fingerprint density at radius 1 is 0.700 bits per heavy atom. The number of hydrogen-bond acceptors (Lipinski definition) is 5. The smallest absolute Gasteiger partial charge is 0.326 e. The number of nitrogens with zero attached hydrogens (tertiary/aromatic N) is 1. The summed E-state index contributed by atoms with van der Waals surface area (Å²) in [6.07, 6.45) is 1.65. The fraction of sp³-hybridized carbons (Fsp3) is 0.357. The molecule has 1 unspecified atom stereocenters. The molecule has 0 saturated heterocycles. The van der Waals surface area contributed by atoms with Gasteiger partial charge in [-0.3, -0.25) is 4.79 Å². The van der Waals surface area contributed by atoms with Crippen molar-refractivity contribution in [3.8, 4) is 22.6 Å². The Bertz CT molecular complexity index is 1660. The second-order valence-corrected chi connectivity index (χ2v) is 13.6. The molecule has 0 bridgehead atoms. The van der Waals surface area contributed by atoms with E-state index in [1.165, 1.54) is 7.11 Å². The van der Waals surface area contributed by atoms with E-state index in [4.69, 9.17) is 9.47 Å². The molecule has 2 N–H and O–H groups in total. The van der Waals surface area contributed by atoms with E-state index < -0.39 is 35.8 Å². The molecule has 3 atom stereocenters. The molecule has 50 heavy (non-hydrogen) atoms. The number of esters is 1. The van der Waals surface area contributed by atoms with Crippen molar-refractivity contribution in [1.29, 1.82) is 0 Å². The van der Waals surface area contributed by atoms with E-state index in [0.717, 1.165) is 28.7 Å². The maximum atomic E-state index is 14.2. The normalized spacial score (nSPS) is 12.9. The number of nitrogens with one attached hydrogen (secondary N) is 1. The summed E-state index contributed by atoms with van der Waals surface area (Å²) < 4.78 is 11.2. The van der Waals surface area contributed by atoms with E-state index in [1.54, 1.807) is 29.2 Å². The Hall–Kier alpha value is -5.11. The van der Waals surface area contributed by atoms with Gasteiger partial charge in [0.25, 0.3) is 0 Å². The Kier molecular flexibility index (Phi) is 14.0. The van der Waals surface area contributed by atoms with Crippen LogP contribution in [0.4, 0.5) is 4.79 Å². The molecule has 0 saturated carbocycles. The van der Waals surface area contributed by atoms with Gasteiger partial charge in [0.05, 0.1) is 13.0 Å². The standard InChI is InChI=1S/C42H50N2O6/c1-29(2)20-21-35(41(47)50-38-19-13-12-18-37(38)49-5)28-44(27-30(3)4)42(48)43-39(40(45)46)36(26-31-14-8-6-9-15-31)34-24-22-33(23-25-34)32-16-10-7-11-17-32/h6-19,22-25,29-30,35-36,39H,20-21,26-28H2,1-5H3,(H,43,48)(H,45,46)/t35-,36?,39-/m0/s1. The molecule has 0 aromatic heterocycles. The van der Waals surface area contributed by atoms with Crippen molar-refractivity contribution in [3.63, 3.8) is 0 Å². The van der Waals surface area contributed by atoms with Gasteiger partial charge in [0.15, 0.2) is 11.5 Å². The molecule has 0 spiro atoms. The minimum atomic E-state index is -1.24. The van der Waals surface area contributed by atoms with Gasteiger partial charge < -0.3 is 24.8 Å². The number of carboxylic acids is 1. The maximum absolute atomic E-state index is 14.2. The highest BCUT2D eigenvalue weighted by molar-refractivity contribution is 5.84. The Balaban J connectivity index is 1.62. The van der Waals surface area contributed by atoms with Crippen molar-refractivity contribution in [1.82, 2.24) is 10.2 Å². The minimum absolute atomic E-state index is 0.0608. The van der Waals surface area contributed by atoms with Crippen molar-refractivity contribution >= 4 is 18.0 Å². The van der Waals surface area contributed by atoms with Gasteiger partial charge in [-0.1, -0.05) is 131 Å². The van der Waals surface area contributed by atoms with Crippen molar-refractivity contribution in [2.45, 2.75) is 58.9 Å². The zero-order valence-electron chi connectivity index (χ0n) is 29.8. The SMILES string of the molecule is COc1ccccc1OC(=O)[C@@H](CCC(C)C)CN(CC(C)C)C(=O)N[C@H](C(=O)O)C(Cc1ccccc1)c1ccc(-c2ccccc2)cc1. The van der Waals surface area contributed by atoms with E-state index >= 15 is 0 Å². The molecule has 8 nitrogen and oxygen atoms in total. The molecule has 0 heterocycles. The van der Waals surface area contributed by atoms with Crippen LogP contribution in [0.2, 0.25) is 0 Å². The molecule has 8 heteroatoms. The quantitative estimate of drug-likeness (QED) is 0.0858. The van der Waals surface area contributed by atoms with Crippen molar-refractivity contribution in [2.24, 2.45) is 17.8 Å². The first-order chi connectivity index (χ1) is 24.0. The van der Waals surface area contributed by atoms with Gasteiger partial charge in [0.1, 0.15) is 6.04 Å². The molecule has 0 aliphatic heterocycles. The predicted molar refractivity (Wildman–Crippen MR) is 197 cm³/mol. The number of methoxy groups -OCH3 is 1. The van der Waals surface area contributed by atoms with Crippen LogP contribution >= 0.6 is 0 Å². The highest BCUT2D eigenvalue weighted by Gasteiger charge is 2.34. The second-order valence-electron chi connectivity index (χ2n) is 13.6. The molecule has 0 radical (unpaired) electrons. The summed E-state index contributed by atoms with van der Waals surface area (Å²) in [5, 5.41) is 13.5. The minimum Gasteiger partial charge on any atom is -0.493 e. The summed E-state index contributed by atoms with van der Waals surface area (Å²) in [4.78, 5) is 42.4. The van der Waals surface area contributed by atoms with Crippen molar-refractivity contribution < 1.29 is 29.0 Å². The van der Waals surface area contributed by atoms with Crippen LogP contribution < -0.4 is 14.8 Å². The largest absolute Gasteiger partial charge is 0.493 e. The number of aliphatic carboxylic acids is 1. The molecule has 4 rings (SSSR count). The number of rotatable bonds is 17. The first-order valence-electron chi connectivity index (χ1n) is 17.4. The molecular formula is C42H50N2O6. The second kappa shape index (κ2) is 18.6. The molecule has 2 amide bonds. The average molecular weight is 679 g/mol. The van der Waals surface area contributed by atoms with Gasteiger partial charge in [-0.2, -0.15) is 0 Å². The van der Waals surface area contributed by atoms with Crippen molar-refractivity contribution in [2.75, 3.05) is 20.2 Å². The highest BCUT2D eigenvalue weighted by atomic mass is 16.6. The maximum Gasteiger partial charge on any atom is 0.326 e. The lowest BCUT2D eigenvalue weighted by atomic mass is 9.85. The van der Waals surface area contributed by atoms with Crippen LogP contribution in [0.1, 0.15) is 57.6 Å². The lowest BCUT2D eigenvalue weighted by Crippen LogP contribution is -2.53. The lowest BCUT2D eigenvalue weighted by molar-refractivity contribution is -0.141. The number of carbonyl (C=O) groups excluding carboxylic acids is 2. The molecule has 0 aliphatic carbocycles. The van der Waals surface area contributed by atoms with Gasteiger partial charge >= 0.3 is 18.0 Å². The zero-order valence-corrected chi connectivity index (χ0v) is 29.8. The fourth-order valence-corrected chi connectivity index (χ4v) is 6.07. The van der Waals surface area contributed by atoms with Crippen molar-refractivity contribution in [3.05, 3.63) is 120 Å². The number of amides is 2. The number of carbonyl (C=O) groups is 3. The number of carboxylic acid groups (broad SMARTS) is 1. The van der Waals surface area contributed by atoms with E-state index in [2.05, 4.69) is 19.2 Å². The summed E-state index contributed by atoms with van der Waals surface area (Å²) in [5.74, 6) is -1.68. The van der Waals surface area contributed by atoms with Gasteiger partial charge in [-0.25, -0.2) is 9.59 Å². The van der Waals surface area contributed by atoms with E-state index in [-0.39, 0.29) is 12.5 Å². The third-order valence-electron chi connectivity index (χ3n) is 8.71. The van der Waals surface area contributed by atoms with E-state index in [0.29, 0.717) is 36.8 Å². The number of ether oxygens (including phenoxy) is 2. The summed E-state index contributed by atoms with van der Waals surface area (Å²) in [5.41, 5.74) is 3.82. The Morgan fingerprint density at radius 3 is 1.86 bits per heavy atom. The monoisotopic (exact) mass is 678 g/mol. The first-order valence-corrected chi connectivity index (χ1v) is 17.4. The van der Waals surface area contributed by atoms with Crippen LogP contribution in [0.3, 0.4) is 0 Å². The van der Waals surface area contributed by atoms with Gasteiger partial charge in [0.2, 0.25) is 0 Å². The van der Waals surface area contributed by atoms with Crippen LogP contribution in [-0.2, 0) is 16.0 Å². The number of para-hydroxylation sites is 2. The topological polar surface area (TPSA) is 105 Å². The lowest BCUT2D eigenvalue weighted by Gasteiger charge is -2.32. The van der Waals surface area contributed by atoms with Gasteiger partial charge in [0, 0.05) is 19.0 Å². The van der Waals surface area contributed by atoms with Crippen LogP contribution in [0.15, 0.2) is 109 Å². The zero-order chi connectivity index (χ0) is 36.0. The molecule has 0 fully saturated rings. The van der Waals surface area contributed by atoms with Crippen LogP contribution in [0.25, 0.3) is 11.1 Å². The van der Waals surface area contributed by atoms with Crippen LogP contribution in [0.5, 0.6) is 11.5 Å². The molecule has 4 aromatic rings. The third kappa shape index (κ3) is 11.0. The first kappa shape index (κ1) is 37.7.